The minimum Gasteiger partial charge on any atom is -0.418 e. The molecule has 2 rings (SSSR count). The van der Waals surface area contributed by atoms with Gasteiger partial charge in [-0.15, -0.1) is 5.10 Å². The normalized spacial score (nSPS) is 10.7. The largest absolute Gasteiger partial charge is 0.673 e. The second-order valence-electron chi connectivity index (χ2n) is 2.63. The number of benzene rings is 1. The molecule has 0 spiro atoms. The van der Waals surface area contributed by atoms with Crippen molar-refractivity contribution >= 4 is 18.2 Å². The van der Waals surface area contributed by atoms with Gasteiger partial charge in [-0.3, -0.25) is 0 Å². The molecule has 0 amide bonds. The zero-order valence-electron chi connectivity index (χ0n) is 7.50. The molecule has 1 aromatic carbocycles. The molecular formula is C8H7BF4N2. The molecule has 1 heterocycles. The van der Waals surface area contributed by atoms with E-state index < -0.39 is 7.25 Å². The summed E-state index contributed by atoms with van der Waals surface area (Å²) in [4.78, 5) is 0. The van der Waals surface area contributed by atoms with Gasteiger partial charge in [0.05, 0.1) is 0 Å². The molecule has 2 aromatic rings. The van der Waals surface area contributed by atoms with Crippen molar-refractivity contribution in [3.63, 3.8) is 0 Å². The van der Waals surface area contributed by atoms with Gasteiger partial charge in [0.25, 0.3) is 0 Å². The molecule has 80 valence electrons. The predicted octanol–water partition coefficient (Wildman–Crippen LogP) is 2.35. The average Bonchev–Trinajstić information content (AvgIpc) is 2.16. The average molecular weight is 218 g/mol. The zero-order valence-corrected chi connectivity index (χ0v) is 7.50. The fraction of sp³-hybridized carbons (Fsp3) is 0. The Morgan fingerprint density at radius 3 is 2.20 bits per heavy atom. The first-order valence-electron chi connectivity index (χ1n) is 4.06. The first-order valence-corrected chi connectivity index (χ1v) is 4.06. The Morgan fingerprint density at radius 2 is 1.60 bits per heavy atom. The molecular weight excluding hydrogens is 211 g/mol. The lowest BCUT2D eigenvalue weighted by Crippen LogP contribution is -2.04. The van der Waals surface area contributed by atoms with Crippen LogP contribution in [0.15, 0.2) is 36.5 Å². The number of nitrogens with one attached hydrogen (secondary N) is 1. The van der Waals surface area contributed by atoms with Crippen LogP contribution in [0.1, 0.15) is 0 Å². The first kappa shape index (κ1) is 11.4. The topological polar surface area (TPSA) is 27.0 Å². The zero-order chi connectivity index (χ0) is 11.3. The van der Waals surface area contributed by atoms with Crippen molar-refractivity contribution in [1.82, 2.24) is 5.10 Å². The molecule has 0 atom stereocenters. The van der Waals surface area contributed by atoms with E-state index in [0.29, 0.717) is 0 Å². The van der Waals surface area contributed by atoms with E-state index in [4.69, 9.17) is 0 Å². The molecule has 0 unspecified atom stereocenters. The molecule has 0 fully saturated rings. The summed E-state index contributed by atoms with van der Waals surface area (Å²) in [6.45, 7) is 0. The van der Waals surface area contributed by atoms with Crippen molar-refractivity contribution in [2.45, 2.75) is 0 Å². The van der Waals surface area contributed by atoms with Crippen LogP contribution in [0.4, 0.5) is 17.3 Å². The smallest absolute Gasteiger partial charge is 0.418 e. The quantitative estimate of drug-likeness (QED) is 0.492. The van der Waals surface area contributed by atoms with Gasteiger partial charge in [0.1, 0.15) is 5.52 Å². The number of aromatic amines is 1. The van der Waals surface area contributed by atoms with Crippen molar-refractivity contribution in [2.75, 3.05) is 0 Å². The van der Waals surface area contributed by atoms with Gasteiger partial charge >= 0.3 is 7.25 Å². The highest BCUT2D eigenvalue weighted by Crippen LogP contribution is 2.06. The number of halogens is 4. The molecule has 0 bridgehead atoms. The third-order valence-corrected chi connectivity index (χ3v) is 1.46. The Morgan fingerprint density at radius 1 is 1.00 bits per heavy atom. The van der Waals surface area contributed by atoms with E-state index in [1.165, 1.54) is 5.39 Å². The summed E-state index contributed by atoms with van der Waals surface area (Å²) >= 11 is 0. The molecule has 0 radical (unpaired) electrons. The number of fused-ring (bicyclic) bond motifs is 1. The van der Waals surface area contributed by atoms with E-state index in [1.807, 2.05) is 36.5 Å². The van der Waals surface area contributed by atoms with E-state index in [9.17, 15) is 17.3 Å². The lowest BCUT2D eigenvalue weighted by atomic mass is 10.2. The van der Waals surface area contributed by atoms with Crippen LogP contribution in [0.25, 0.3) is 10.9 Å². The SMILES string of the molecule is F[B-](F)(F)F.c1ccc2n[nH+]ccc2c1. The fourth-order valence-corrected chi connectivity index (χ4v) is 0.964. The summed E-state index contributed by atoms with van der Waals surface area (Å²) in [6.07, 6.45) is 1.82. The molecule has 1 N–H and O–H groups in total. The standard InChI is InChI=1S/C8H6N2.BF4/c1-2-4-8-7(3-1)5-6-9-10-8;2-1(3,4)5/h1-6H;/q;-1/p+1. The van der Waals surface area contributed by atoms with Crippen LogP contribution in [0.3, 0.4) is 0 Å². The van der Waals surface area contributed by atoms with Crippen LogP contribution >= 0.6 is 0 Å². The second-order valence-corrected chi connectivity index (χ2v) is 2.63. The number of H-pyrrole nitrogens is 1. The molecule has 1 aromatic heterocycles. The van der Waals surface area contributed by atoms with Gasteiger partial charge in [0.15, 0.2) is 6.20 Å². The number of aromatic nitrogens is 2. The van der Waals surface area contributed by atoms with E-state index in [-0.39, 0.29) is 0 Å². The number of para-hydroxylation sites is 1. The molecule has 7 heteroatoms. The number of hydrogen-bond donors (Lipinski definition) is 0. The summed E-state index contributed by atoms with van der Waals surface area (Å²) in [6, 6.07) is 10.00. The number of hydrogen-bond acceptors (Lipinski definition) is 1. The van der Waals surface area contributed by atoms with E-state index in [1.54, 1.807) is 0 Å². The Bertz CT molecular complexity index is 361. The van der Waals surface area contributed by atoms with Crippen LogP contribution < -0.4 is 5.10 Å². The monoisotopic (exact) mass is 218 g/mol. The van der Waals surface area contributed by atoms with Crippen molar-refractivity contribution in [3.8, 4) is 0 Å². The van der Waals surface area contributed by atoms with Crippen LogP contribution in [-0.2, 0) is 0 Å². The van der Waals surface area contributed by atoms with Crippen LogP contribution in [0.2, 0.25) is 0 Å². The van der Waals surface area contributed by atoms with Gasteiger partial charge in [-0.1, -0.05) is 18.2 Å². The highest BCUT2D eigenvalue weighted by atomic mass is 19.5. The maximum Gasteiger partial charge on any atom is 0.673 e. The fourth-order valence-electron chi connectivity index (χ4n) is 0.964. The summed E-state index contributed by atoms with van der Waals surface area (Å²) < 4.78 is 39.0. The molecule has 0 aliphatic rings. The lowest BCUT2D eigenvalue weighted by molar-refractivity contribution is -0.451. The van der Waals surface area contributed by atoms with Gasteiger partial charge in [-0.05, 0) is 11.2 Å². The number of nitrogens with zero attached hydrogens (tertiary/aromatic N) is 1. The van der Waals surface area contributed by atoms with Crippen LogP contribution in [-0.4, -0.2) is 12.4 Å². The van der Waals surface area contributed by atoms with E-state index >= 15 is 0 Å². The first-order chi connectivity index (χ1) is 6.97. The highest BCUT2D eigenvalue weighted by molar-refractivity contribution is 6.50. The predicted molar refractivity (Wildman–Crippen MR) is 48.5 cm³/mol. The third-order valence-electron chi connectivity index (χ3n) is 1.46. The Balaban J connectivity index is 0.000000195. The van der Waals surface area contributed by atoms with E-state index in [0.717, 1.165) is 5.52 Å². The minimum absolute atomic E-state index is 1.00. The minimum atomic E-state index is -6.00. The van der Waals surface area contributed by atoms with Crippen molar-refractivity contribution in [3.05, 3.63) is 36.5 Å². The molecule has 0 aliphatic heterocycles. The maximum atomic E-state index is 9.75. The molecule has 2 nitrogen and oxygen atoms in total. The second kappa shape index (κ2) is 4.72. The highest BCUT2D eigenvalue weighted by Gasteiger charge is 2.20. The van der Waals surface area contributed by atoms with Gasteiger partial charge in [0, 0.05) is 11.5 Å². The molecule has 0 saturated heterocycles. The van der Waals surface area contributed by atoms with Crippen LogP contribution in [0, 0.1) is 0 Å². The summed E-state index contributed by atoms with van der Waals surface area (Å²) in [7, 11) is -6.00. The summed E-state index contributed by atoms with van der Waals surface area (Å²) in [5.41, 5.74) is 1.00. The number of rotatable bonds is 0. The van der Waals surface area contributed by atoms with Crippen molar-refractivity contribution in [1.29, 1.82) is 0 Å². The van der Waals surface area contributed by atoms with Gasteiger partial charge < -0.3 is 17.3 Å². The van der Waals surface area contributed by atoms with Crippen LogP contribution in [0.5, 0.6) is 0 Å². The van der Waals surface area contributed by atoms with Gasteiger partial charge in [-0.2, -0.15) is 0 Å². The summed E-state index contributed by atoms with van der Waals surface area (Å²) in [5.74, 6) is 0. The summed E-state index contributed by atoms with van der Waals surface area (Å²) in [5, 5.41) is 8.01. The van der Waals surface area contributed by atoms with Gasteiger partial charge in [0.2, 0.25) is 0 Å². The third kappa shape index (κ3) is 4.95. The van der Waals surface area contributed by atoms with Gasteiger partial charge in [-0.25, -0.2) is 0 Å². The molecule has 0 aliphatic carbocycles. The van der Waals surface area contributed by atoms with Crippen molar-refractivity contribution in [2.24, 2.45) is 0 Å². The Kier molecular flexibility index (Phi) is 3.59. The molecule has 15 heavy (non-hydrogen) atoms. The van der Waals surface area contributed by atoms with E-state index in [2.05, 4.69) is 10.2 Å². The Hall–Kier alpha value is -1.66. The molecule has 0 saturated carbocycles. The van der Waals surface area contributed by atoms with Crippen molar-refractivity contribution < 1.29 is 22.4 Å². The maximum absolute atomic E-state index is 9.75. The lowest BCUT2D eigenvalue weighted by Gasteiger charge is -1.94. The Labute approximate surface area is 83.0 Å².